The molecule has 2 fully saturated rings. The van der Waals surface area contributed by atoms with E-state index in [1.54, 1.807) is 17.0 Å². The number of amides is 2. The molecule has 1 aromatic rings. The van der Waals surface area contributed by atoms with E-state index < -0.39 is 6.04 Å². The quantitative estimate of drug-likeness (QED) is 0.902. The monoisotopic (exact) mass is 356 g/mol. The standard InChI is InChI=1S/C16H21ClN2O3S/c1-10(12-5-3-9-22-12)18-15(20)11-4-2-8-19(11)16(21)13-6-7-14(17)23-13/h6-7,10-12H,2-5,8-9H2,1H3,(H,18,20). The Bertz CT molecular complexity index is 586. The second-order valence-electron chi connectivity index (χ2n) is 6.11. The van der Waals surface area contributed by atoms with E-state index in [9.17, 15) is 9.59 Å². The molecule has 126 valence electrons. The summed E-state index contributed by atoms with van der Waals surface area (Å²) in [4.78, 5) is 27.4. The van der Waals surface area contributed by atoms with Crippen LogP contribution in [0.15, 0.2) is 12.1 Å². The zero-order chi connectivity index (χ0) is 16.4. The molecule has 3 heterocycles. The first-order valence-electron chi connectivity index (χ1n) is 8.04. The van der Waals surface area contributed by atoms with Crippen molar-refractivity contribution in [2.24, 2.45) is 0 Å². The third-order valence-electron chi connectivity index (χ3n) is 4.49. The van der Waals surface area contributed by atoms with Crippen LogP contribution in [0.1, 0.15) is 42.3 Å². The molecule has 2 aliphatic heterocycles. The average molecular weight is 357 g/mol. The van der Waals surface area contributed by atoms with Gasteiger partial charge in [0.25, 0.3) is 5.91 Å². The fourth-order valence-electron chi connectivity index (χ4n) is 3.26. The molecule has 0 bridgehead atoms. The second kappa shape index (κ2) is 7.20. The summed E-state index contributed by atoms with van der Waals surface area (Å²) in [5.41, 5.74) is 0. The molecule has 3 unspecified atom stereocenters. The largest absolute Gasteiger partial charge is 0.376 e. The maximum absolute atomic E-state index is 12.6. The first kappa shape index (κ1) is 16.7. The maximum Gasteiger partial charge on any atom is 0.264 e. The Morgan fingerprint density at radius 2 is 2.22 bits per heavy atom. The Morgan fingerprint density at radius 3 is 2.87 bits per heavy atom. The Balaban J connectivity index is 1.63. The van der Waals surface area contributed by atoms with Gasteiger partial charge >= 0.3 is 0 Å². The molecular formula is C16H21ClN2O3S. The van der Waals surface area contributed by atoms with E-state index in [2.05, 4.69) is 5.32 Å². The number of carbonyl (C=O) groups is 2. The van der Waals surface area contributed by atoms with E-state index >= 15 is 0 Å². The summed E-state index contributed by atoms with van der Waals surface area (Å²) in [6.07, 6.45) is 3.65. The van der Waals surface area contributed by atoms with Crippen molar-refractivity contribution in [1.29, 1.82) is 0 Å². The number of rotatable bonds is 4. The van der Waals surface area contributed by atoms with E-state index in [4.69, 9.17) is 16.3 Å². The van der Waals surface area contributed by atoms with Gasteiger partial charge in [0.2, 0.25) is 5.91 Å². The first-order valence-corrected chi connectivity index (χ1v) is 9.24. The molecule has 0 saturated carbocycles. The van der Waals surface area contributed by atoms with Crippen molar-refractivity contribution in [3.8, 4) is 0 Å². The van der Waals surface area contributed by atoms with Crippen molar-refractivity contribution in [1.82, 2.24) is 10.2 Å². The molecule has 1 aromatic heterocycles. The van der Waals surface area contributed by atoms with Crippen molar-refractivity contribution in [3.05, 3.63) is 21.3 Å². The molecule has 0 aromatic carbocycles. The Labute approximate surface area is 144 Å². The molecule has 7 heteroatoms. The number of hydrogen-bond acceptors (Lipinski definition) is 4. The summed E-state index contributed by atoms with van der Waals surface area (Å²) in [7, 11) is 0. The number of nitrogens with zero attached hydrogens (tertiary/aromatic N) is 1. The second-order valence-corrected chi connectivity index (χ2v) is 7.82. The number of halogens is 1. The minimum Gasteiger partial charge on any atom is -0.376 e. The van der Waals surface area contributed by atoms with Crippen LogP contribution >= 0.6 is 22.9 Å². The summed E-state index contributed by atoms with van der Waals surface area (Å²) in [5.74, 6) is -0.189. The van der Waals surface area contributed by atoms with E-state index in [0.717, 1.165) is 25.9 Å². The van der Waals surface area contributed by atoms with Gasteiger partial charge in [-0.05, 0) is 44.7 Å². The average Bonchev–Trinajstić information content (AvgIpc) is 3.27. The maximum atomic E-state index is 12.6. The van der Waals surface area contributed by atoms with Gasteiger partial charge in [0.15, 0.2) is 0 Å². The van der Waals surface area contributed by atoms with Gasteiger partial charge in [-0.2, -0.15) is 0 Å². The highest BCUT2D eigenvalue weighted by atomic mass is 35.5. The molecule has 23 heavy (non-hydrogen) atoms. The number of carbonyl (C=O) groups excluding carboxylic acids is 2. The Kier molecular flexibility index (Phi) is 5.24. The fourth-order valence-corrected chi connectivity index (χ4v) is 4.26. The number of likely N-dealkylation sites (tertiary alicyclic amines) is 1. The number of ether oxygens (including phenoxy) is 1. The lowest BCUT2D eigenvalue weighted by Gasteiger charge is -2.27. The summed E-state index contributed by atoms with van der Waals surface area (Å²) < 4.78 is 6.20. The van der Waals surface area contributed by atoms with Crippen LogP contribution in [0.4, 0.5) is 0 Å². The van der Waals surface area contributed by atoms with Gasteiger partial charge in [-0.1, -0.05) is 11.6 Å². The highest BCUT2D eigenvalue weighted by Crippen LogP contribution is 2.27. The summed E-state index contributed by atoms with van der Waals surface area (Å²) in [5, 5.41) is 3.02. The van der Waals surface area contributed by atoms with Crippen LogP contribution in [0, 0.1) is 0 Å². The van der Waals surface area contributed by atoms with E-state index in [0.29, 0.717) is 22.2 Å². The highest BCUT2D eigenvalue weighted by Gasteiger charge is 2.36. The van der Waals surface area contributed by atoms with Crippen molar-refractivity contribution in [2.45, 2.75) is 50.8 Å². The zero-order valence-corrected chi connectivity index (χ0v) is 14.7. The molecule has 0 radical (unpaired) electrons. The van der Waals surface area contributed by atoms with Crippen LogP contribution in [0.5, 0.6) is 0 Å². The van der Waals surface area contributed by atoms with E-state index in [1.165, 1.54) is 11.3 Å². The molecule has 3 atom stereocenters. The molecule has 2 aliphatic rings. The summed E-state index contributed by atoms with van der Waals surface area (Å²) >= 11 is 7.16. The predicted molar refractivity (Wildman–Crippen MR) is 90.0 cm³/mol. The fraction of sp³-hybridized carbons (Fsp3) is 0.625. The van der Waals surface area contributed by atoms with Crippen LogP contribution in [0.25, 0.3) is 0 Å². The minimum absolute atomic E-state index is 0.0289. The zero-order valence-electron chi connectivity index (χ0n) is 13.1. The lowest BCUT2D eigenvalue weighted by atomic mass is 10.1. The molecule has 3 rings (SSSR count). The van der Waals surface area contributed by atoms with Crippen LogP contribution in [-0.2, 0) is 9.53 Å². The third kappa shape index (κ3) is 3.70. The molecule has 2 saturated heterocycles. The molecule has 5 nitrogen and oxygen atoms in total. The van der Waals surface area contributed by atoms with Crippen LogP contribution in [0.2, 0.25) is 4.34 Å². The van der Waals surface area contributed by atoms with Gasteiger partial charge < -0.3 is 15.0 Å². The number of thiophene rings is 1. The Morgan fingerprint density at radius 1 is 1.39 bits per heavy atom. The van der Waals surface area contributed by atoms with Gasteiger partial charge in [0.1, 0.15) is 6.04 Å². The Hall–Kier alpha value is -1.11. The van der Waals surface area contributed by atoms with Gasteiger partial charge in [-0.25, -0.2) is 0 Å². The molecule has 0 aliphatic carbocycles. The molecule has 2 amide bonds. The van der Waals surface area contributed by atoms with Crippen molar-refractivity contribution in [2.75, 3.05) is 13.2 Å². The topological polar surface area (TPSA) is 58.6 Å². The van der Waals surface area contributed by atoms with Crippen LogP contribution in [0.3, 0.4) is 0 Å². The summed E-state index contributed by atoms with van der Waals surface area (Å²) in [6, 6.07) is 3.01. The minimum atomic E-state index is -0.396. The molecular weight excluding hydrogens is 336 g/mol. The van der Waals surface area contributed by atoms with E-state index in [1.807, 2.05) is 6.92 Å². The number of hydrogen-bond donors (Lipinski definition) is 1. The van der Waals surface area contributed by atoms with Gasteiger partial charge in [0, 0.05) is 13.2 Å². The van der Waals surface area contributed by atoms with Crippen LogP contribution in [-0.4, -0.2) is 48.1 Å². The van der Waals surface area contributed by atoms with Crippen molar-refractivity contribution >= 4 is 34.8 Å². The lowest BCUT2D eigenvalue weighted by Crippen LogP contribution is -2.50. The third-order valence-corrected chi connectivity index (χ3v) is 5.71. The van der Waals surface area contributed by atoms with Crippen molar-refractivity contribution < 1.29 is 14.3 Å². The van der Waals surface area contributed by atoms with Gasteiger partial charge in [0.05, 0.1) is 21.4 Å². The smallest absolute Gasteiger partial charge is 0.264 e. The highest BCUT2D eigenvalue weighted by molar-refractivity contribution is 7.17. The van der Waals surface area contributed by atoms with Gasteiger partial charge in [-0.15, -0.1) is 11.3 Å². The lowest BCUT2D eigenvalue weighted by molar-refractivity contribution is -0.126. The van der Waals surface area contributed by atoms with Crippen LogP contribution < -0.4 is 5.32 Å². The van der Waals surface area contributed by atoms with Gasteiger partial charge in [-0.3, -0.25) is 9.59 Å². The summed E-state index contributed by atoms with van der Waals surface area (Å²) in [6.45, 7) is 3.34. The number of nitrogens with one attached hydrogen (secondary N) is 1. The molecule has 1 N–H and O–H groups in total. The molecule has 0 spiro atoms. The normalized spacial score (nSPS) is 25.6. The first-order chi connectivity index (χ1) is 11.1. The van der Waals surface area contributed by atoms with Crippen molar-refractivity contribution in [3.63, 3.8) is 0 Å². The van der Waals surface area contributed by atoms with E-state index in [-0.39, 0.29) is 24.0 Å². The predicted octanol–water partition coefficient (Wildman–Crippen LogP) is 2.69. The SMILES string of the molecule is CC(NC(=O)C1CCCN1C(=O)c1ccc(Cl)s1)C1CCCO1.